The van der Waals surface area contributed by atoms with Crippen molar-refractivity contribution in [3.8, 4) is 11.3 Å². The van der Waals surface area contributed by atoms with E-state index in [1.54, 1.807) is 18.2 Å². The molecular formula is C22H18ClN3O3. The lowest BCUT2D eigenvalue weighted by Gasteiger charge is -2.29. The van der Waals surface area contributed by atoms with Crippen LogP contribution in [0.4, 0.5) is 0 Å². The molecule has 6 nitrogen and oxygen atoms in total. The molecule has 0 bridgehead atoms. The molecule has 1 amide bonds. The second-order valence-electron chi connectivity index (χ2n) is 6.84. The van der Waals surface area contributed by atoms with Gasteiger partial charge in [-0.25, -0.2) is 14.8 Å². The van der Waals surface area contributed by atoms with E-state index in [0.29, 0.717) is 23.6 Å². The summed E-state index contributed by atoms with van der Waals surface area (Å²) in [5.74, 6) is -1.48. The zero-order valence-electron chi connectivity index (χ0n) is 15.4. The summed E-state index contributed by atoms with van der Waals surface area (Å²) in [5, 5.41) is 10.2. The van der Waals surface area contributed by atoms with Gasteiger partial charge in [0.05, 0.1) is 11.7 Å². The van der Waals surface area contributed by atoms with Gasteiger partial charge >= 0.3 is 5.97 Å². The summed E-state index contributed by atoms with van der Waals surface area (Å²) >= 11 is 6.34. The summed E-state index contributed by atoms with van der Waals surface area (Å²) in [6, 6.07) is 16.9. The summed E-state index contributed by atoms with van der Waals surface area (Å²) < 4.78 is 0. The van der Waals surface area contributed by atoms with Crippen LogP contribution in [0.2, 0.25) is 5.02 Å². The van der Waals surface area contributed by atoms with Gasteiger partial charge in [0.15, 0.2) is 0 Å². The quantitative estimate of drug-likeness (QED) is 0.699. The molecule has 0 aliphatic carbocycles. The molecule has 1 aromatic heterocycles. The highest BCUT2D eigenvalue weighted by Crippen LogP contribution is 2.40. The molecule has 0 saturated carbocycles. The number of benzene rings is 2. The third-order valence-electron chi connectivity index (χ3n) is 5.12. The second-order valence-corrected chi connectivity index (χ2v) is 7.24. The molecule has 0 spiro atoms. The summed E-state index contributed by atoms with van der Waals surface area (Å²) in [4.78, 5) is 35.0. The molecule has 2 atom stereocenters. The Balaban J connectivity index is 1.73. The van der Waals surface area contributed by atoms with Crippen LogP contribution in [0.5, 0.6) is 0 Å². The summed E-state index contributed by atoms with van der Waals surface area (Å²) in [7, 11) is 0. The topological polar surface area (TPSA) is 83.4 Å². The van der Waals surface area contributed by atoms with Crippen LogP contribution in [0.25, 0.3) is 11.3 Å². The lowest BCUT2D eigenvalue weighted by Crippen LogP contribution is -2.42. The van der Waals surface area contributed by atoms with E-state index >= 15 is 0 Å². The maximum Gasteiger partial charge on any atom is 0.326 e. The molecule has 7 heteroatoms. The predicted molar refractivity (Wildman–Crippen MR) is 108 cm³/mol. The highest BCUT2D eigenvalue weighted by Gasteiger charge is 2.43. The summed E-state index contributed by atoms with van der Waals surface area (Å²) in [6.45, 7) is 0. The number of rotatable bonds is 4. The fourth-order valence-corrected chi connectivity index (χ4v) is 4.02. The van der Waals surface area contributed by atoms with Crippen molar-refractivity contribution in [2.45, 2.75) is 24.9 Å². The number of carbonyl (C=O) groups excluding carboxylic acids is 1. The normalized spacial score (nSPS) is 18.6. The fourth-order valence-electron chi connectivity index (χ4n) is 3.76. The van der Waals surface area contributed by atoms with E-state index in [1.165, 1.54) is 11.2 Å². The maximum absolute atomic E-state index is 13.4. The van der Waals surface area contributed by atoms with Gasteiger partial charge in [-0.1, -0.05) is 60.1 Å². The molecule has 1 fully saturated rings. The Morgan fingerprint density at radius 1 is 1.00 bits per heavy atom. The van der Waals surface area contributed by atoms with Crippen molar-refractivity contribution >= 4 is 23.5 Å². The Hall–Kier alpha value is -3.25. The monoisotopic (exact) mass is 407 g/mol. The number of amides is 1. The molecule has 146 valence electrons. The molecule has 3 aromatic rings. The molecule has 0 unspecified atom stereocenters. The van der Waals surface area contributed by atoms with E-state index in [-0.39, 0.29) is 5.69 Å². The van der Waals surface area contributed by atoms with Crippen LogP contribution in [-0.4, -0.2) is 37.9 Å². The van der Waals surface area contributed by atoms with Crippen LogP contribution in [0, 0.1) is 0 Å². The van der Waals surface area contributed by atoms with Gasteiger partial charge in [0.1, 0.15) is 18.1 Å². The molecular weight excluding hydrogens is 390 g/mol. The van der Waals surface area contributed by atoms with E-state index in [9.17, 15) is 14.7 Å². The van der Waals surface area contributed by atoms with Crippen LogP contribution in [0.3, 0.4) is 0 Å². The van der Waals surface area contributed by atoms with Crippen molar-refractivity contribution in [2.75, 3.05) is 0 Å². The highest BCUT2D eigenvalue weighted by atomic mass is 35.5. The number of carbonyl (C=O) groups is 2. The number of halogens is 1. The van der Waals surface area contributed by atoms with Gasteiger partial charge in [0.2, 0.25) is 0 Å². The number of hydrogen-bond donors (Lipinski definition) is 1. The van der Waals surface area contributed by atoms with Gasteiger partial charge in [0, 0.05) is 10.6 Å². The molecule has 1 aliphatic heterocycles. The van der Waals surface area contributed by atoms with Crippen molar-refractivity contribution < 1.29 is 14.7 Å². The maximum atomic E-state index is 13.4. The van der Waals surface area contributed by atoms with E-state index in [4.69, 9.17) is 11.6 Å². The number of aromatic nitrogens is 2. The average molecular weight is 408 g/mol. The first-order valence-corrected chi connectivity index (χ1v) is 9.61. The van der Waals surface area contributed by atoms with Crippen molar-refractivity contribution in [2.24, 2.45) is 0 Å². The van der Waals surface area contributed by atoms with Crippen LogP contribution in [-0.2, 0) is 4.79 Å². The summed E-state index contributed by atoms with van der Waals surface area (Å²) in [5.41, 5.74) is 2.35. The minimum Gasteiger partial charge on any atom is -0.480 e. The zero-order valence-corrected chi connectivity index (χ0v) is 16.2. The molecule has 1 saturated heterocycles. The smallest absolute Gasteiger partial charge is 0.326 e. The second kappa shape index (κ2) is 8.01. The van der Waals surface area contributed by atoms with Crippen LogP contribution < -0.4 is 0 Å². The van der Waals surface area contributed by atoms with Gasteiger partial charge in [-0.3, -0.25) is 4.79 Å². The Bertz CT molecular complexity index is 1060. The number of carboxylic acids is 1. The lowest BCUT2D eigenvalue weighted by atomic mass is 10.0. The average Bonchev–Trinajstić information content (AvgIpc) is 3.19. The first-order valence-electron chi connectivity index (χ1n) is 9.23. The van der Waals surface area contributed by atoms with Crippen molar-refractivity contribution in [1.29, 1.82) is 0 Å². The van der Waals surface area contributed by atoms with E-state index in [0.717, 1.165) is 11.1 Å². The Kier molecular flexibility index (Phi) is 5.27. The largest absolute Gasteiger partial charge is 0.480 e. The Morgan fingerprint density at radius 3 is 2.45 bits per heavy atom. The fraction of sp³-hybridized carbons (Fsp3) is 0.182. The molecule has 4 rings (SSSR count). The summed E-state index contributed by atoms with van der Waals surface area (Å²) in [6.07, 6.45) is 2.20. The zero-order chi connectivity index (χ0) is 20.4. The van der Waals surface area contributed by atoms with E-state index < -0.39 is 24.0 Å². The standard InChI is InChI=1S/C22H18ClN3O3/c23-16-9-5-4-8-15(16)19-10-11-20(22(28)29)26(19)21(27)18-12-17(24-13-25-18)14-6-2-1-3-7-14/h1-9,12-13,19-20H,10-11H2,(H,28,29)/t19-,20+/m1/s1. The predicted octanol–water partition coefficient (Wildman–Crippen LogP) is 4.23. The van der Waals surface area contributed by atoms with E-state index in [2.05, 4.69) is 9.97 Å². The number of hydrogen-bond acceptors (Lipinski definition) is 4. The van der Waals surface area contributed by atoms with Crippen molar-refractivity contribution in [3.05, 3.63) is 83.3 Å². The molecule has 0 radical (unpaired) electrons. The Morgan fingerprint density at radius 2 is 1.72 bits per heavy atom. The van der Waals surface area contributed by atoms with E-state index in [1.807, 2.05) is 42.5 Å². The molecule has 2 aromatic carbocycles. The van der Waals surface area contributed by atoms with Crippen molar-refractivity contribution in [1.82, 2.24) is 14.9 Å². The SMILES string of the molecule is O=C(O)[C@@H]1CC[C@H](c2ccccc2Cl)N1C(=O)c1cc(-c2ccccc2)ncn1. The number of carboxylic acid groups (broad SMARTS) is 1. The third kappa shape index (κ3) is 3.71. The first-order chi connectivity index (χ1) is 14.1. The Labute approximate surface area is 172 Å². The minimum absolute atomic E-state index is 0.157. The van der Waals surface area contributed by atoms with Crippen molar-refractivity contribution in [3.63, 3.8) is 0 Å². The van der Waals surface area contributed by atoms with Gasteiger partial charge in [-0.05, 0) is 30.5 Å². The van der Waals surface area contributed by atoms with Crippen LogP contribution >= 0.6 is 11.6 Å². The van der Waals surface area contributed by atoms with Gasteiger partial charge in [-0.2, -0.15) is 0 Å². The third-order valence-corrected chi connectivity index (χ3v) is 5.47. The van der Waals surface area contributed by atoms with Crippen LogP contribution in [0.15, 0.2) is 67.0 Å². The van der Waals surface area contributed by atoms with Gasteiger partial charge < -0.3 is 10.0 Å². The minimum atomic E-state index is -1.04. The number of nitrogens with zero attached hydrogens (tertiary/aromatic N) is 3. The molecule has 1 N–H and O–H groups in total. The number of aliphatic carboxylic acids is 1. The van der Waals surface area contributed by atoms with Crippen LogP contribution in [0.1, 0.15) is 34.9 Å². The van der Waals surface area contributed by atoms with Gasteiger partial charge in [0.25, 0.3) is 5.91 Å². The lowest BCUT2D eigenvalue weighted by molar-refractivity contribution is -0.141. The molecule has 1 aliphatic rings. The molecule has 29 heavy (non-hydrogen) atoms. The highest BCUT2D eigenvalue weighted by molar-refractivity contribution is 6.31. The number of likely N-dealkylation sites (tertiary alicyclic amines) is 1. The van der Waals surface area contributed by atoms with Gasteiger partial charge in [-0.15, -0.1) is 0 Å². The molecule has 2 heterocycles. The first kappa shape index (κ1) is 19.1.